The van der Waals surface area contributed by atoms with Gasteiger partial charge in [-0.15, -0.1) is 0 Å². The maximum Gasteiger partial charge on any atom is 0.256 e. The van der Waals surface area contributed by atoms with E-state index >= 15 is 0 Å². The van der Waals surface area contributed by atoms with Gasteiger partial charge in [-0.2, -0.15) is 0 Å². The lowest BCUT2D eigenvalue weighted by Crippen LogP contribution is -2.30. The van der Waals surface area contributed by atoms with Gasteiger partial charge in [-0.3, -0.25) is 4.79 Å². The van der Waals surface area contributed by atoms with Crippen LogP contribution < -0.4 is 14.8 Å². The average molecular weight is 377 g/mol. The molecule has 0 aliphatic heterocycles. The Bertz CT molecular complexity index is 862. The van der Waals surface area contributed by atoms with Crippen LogP contribution in [0.4, 0.5) is 5.82 Å². The molecule has 0 saturated heterocycles. The van der Waals surface area contributed by atoms with Gasteiger partial charge in [-0.25, -0.2) is 18.1 Å². The Morgan fingerprint density at radius 2 is 1.73 bits per heavy atom. The maximum atomic E-state index is 12.4. The van der Waals surface area contributed by atoms with E-state index in [0.29, 0.717) is 17.1 Å². The van der Waals surface area contributed by atoms with Crippen LogP contribution in [0, 0.1) is 0 Å². The molecule has 1 heterocycles. The molecule has 0 unspecified atom stereocenters. The average Bonchev–Trinajstić information content (AvgIpc) is 2.55. The molecule has 0 saturated carbocycles. The van der Waals surface area contributed by atoms with Gasteiger partial charge in [0.05, 0.1) is 11.0 Å². The summed E-state index contributed by atoms with van der Waals surface area (Å²) in [4.78, 5) is 16.6. The summed E-state index contributed by atoms with van der Waals surface area (Å²) in [6.45, 7) is 7.23. The molecule has 8 heteroatoms. The molecule has 0 aliphatic carbocycles. The first-order valence-corrected chi connectivity index (χ1v) is 9.73. The number of hydrogen-bond acceptors (Lipinski definition) is 5. The van der Waals surface area contributed by atoms with Crippen molar-refractivity contribution in [3.63, 3.8) is 0 Å². The summed E-state index contributed by atoms with van der Waals surface area (Å²) in [6, 6.07) is 8.91. The Hall–Kier alpha value is -2.45. The van der Waals surface area contributed by atoms with Gasteiger partial charge in [0.2, 0.25) is 10.0 Å². The minimum atomic E-state index is -3.60. The zero-order valence-electron chi connectivity index (χ0n) is 15.2. The molecule has 2 aromatic rings. The van der Waals surface area contributed by atoms with Gasteiger partial charge in [-0.05, 0) is 64.1 Å². The topological polar surface area (TPSA) is 97.4 Å². The number of nitrogens with zero attached hydrogens (tertiary/aromatic N) is 1. The highest BCUT2D eigenvalue weighted by atomic mass is 32.2. The second-order valence-electron chi connectivity index (χ2n) is 6.27. The Kier molecular flexibility index (Phi) is 6.33. The first kappa shape index (κ1) is 19.9. The van der Waals surface area contributed by atoms with Crippen LogP contribution in [-0.4, -0.2) is 31.5 Å². The Morgan fingerprint density at radius 1 is 1.08 bits per heavy atom. The predicted octanol–water partition coefficient (Wildman–Crippen LogP) is 2.81. The molecule has 0 spiro atoms. The van der Waals surface area contributed by atoms with Crippen molar-refractivity contribution in [3.8, 4) is 5.75 Å². The van der Waals surface area contributed by atoms with Crippen molar-refractivity contribution in [2.24, 2.45) is 0 Å². The molecule has 7 nitrogen and oxygen atoms in total. The van der Waals surface area contributed by atoms with E-state index in [-0.39, 0.29) is 17.0 Å². The predicted molar refractivity (Wildman–Crippen MR) is 99.9 cm³/mol. The third-order valence-corrected chi connectivity index (χ3v) is 4.86. The first-order chi connectivity index (χ1) is 12.2. The van der Waals surface area contributed by atoms with Crippen LogP contribution in [0.1, 0.15) is 38.1 Å². The Morgan fingerprint density at radius 3 is 2.31 bits per heavy atom. The second kappa shape index (κ2) is 8.29. The number of carbonyl (C=O) groups excluding carboxylic acids is 1. The normalized spacial score (nSPS) is 11.6. The fraction of sp³-hybridized carbons (Fsp3) is 0.333. The third kappa shape index (κ3) is 5.27. The minimum Gasteiger partial charge on any atom is -0.487 e. The second-order valence-corrected chi connectivity index (χ2v) is 7.99. The Labute approximate surface area is 153 Å². The van der Waals surface area contributed by atoms with E-state index in [2.05, 4.69) is 15.0 Å². The molecule has 140 valence electrons. The van der Waals surface area contributed by atoms with E-state index in [4.69, 9.17) is 4.74 Å². The smallest absolute Gasteiger partial charge is 0.256 e. The molecule has 1 amide bonds. The van der Waals surface area contributed by atoms with E-state index in [1.807, 2.05) is 13.8 Å². The molecule has 1 aromatic carbocycles. The molecule has 0 bridgehead atoms. The highest BCUT2D eigenvalue weighted by molar-refractivity contribution is 7.89. The van der Waals surface area contributed by atoms with E-state index < -0.39 is 15.9 Å². The number of nitrogens with one attached hydrogen (secondary N) is 2. The lowest BCUT2D eigenvalue weighted by molar-refractivity contribution is 0.102. The number of hydrogen-bond donors (Lipinski definition) is 2. The number of ether oxygens (including phenoxy) is 1. The summed E-state index contributed by atoms with van der Waals surface area (Å²) < 4.78 is 32.4. The molecule has 0 atom stereocenters. The monoisotopic (exact) mass is 377 g/mol. The van der Waals surface area contributed by atoms with Crippen LogP contribution in [0.5, 0.6) is 5.75 Å². The van der Waals surface area contributed by atoms with E-state index in [9.17, 15) is 13.2 Å². The van der Waals surface area contributed by atoms with Gasteiger partial charge in [0.1, 0.15) is 0 Å². The van der Waals surface area contributed by atoms with Gasteiger partial charge < -0.3 is 10.1 Å². The van der Waals surface area contributed by atoms with Gasteiger partial charge in [0.15, 0.2) is 11.6 Å². The number of aromatic nitrogens is 1. The van der Waals surface area contributed by atoms with E-state index in [1.165, 1.54) is 24.3 Å². The van der Waals surface area contributed by atoms with Gasteiger partial charge in [0, 0.05) is 17.8 Å². The zero-order valence-corrected chi connectivity index (χ0v) is 16.0. The van der Waals surface area contributed by atoms with Crippen molar-refractivity contribution in [1.29, 1.82) is 0 Å². The van der Waals surface area contributed by atoms with Crippen LogP contribution in [0.15, 0.2) is 47.5 Å². The number of sulfonamides is 1. The highest BCUT2D eigenvalue weighted by Gasteiger charge is 2.17. The van der Waals surface area contributed by atoms with Crippen molar-refractivity contribution in [2.75, 3.05) is 5.32 Å². The lowest BCUT2D eigenvalue weighted by Gasteiger charge is -2.14. The molecule has 0 aliphatic rings. The first-order valence-electron chi connectivity index (χ1n) is 8.24. The molecule has 26 heavy (non-hydrogen) atoms. The molecule has 1 aromatic heterocycles. The fourth-order valence-electron chi connectivity index (χ4n) is 2.18. The number of amides is 1. The summed E-state index contributed by atoms with van der Waals surface area (Å²) in [5.41, 5.74) is 0.314. The van der Waals surface area contributed by atoms with Crippen molar-refractivity contribution >= 4 is 21.7 Å². The quantitative estimate of drug-likeness (QED) is 0.773. The van der Waals surface area contributed by atoms with Crippen molar-refractivity contribution in [2.45, 2.75) is 44.7 Å². The van der Waals surface area contributed by atoms with E-state index in [0.717, 1.165) is 0 Å². The molecule has 0 radical (unpaired) electrons. The SMILES string of the molecule is CC(C)NS(=O)(=O)c1ccc(C(=O)Nc2ncccc2OC(C)C)cc1. The van der Waals surface area contributed by atoms with Crippen LogP contribution in [0.2, 0.25) is 0 Å². The van der Waals surface area contributed by atoms with E-state index in [1.54, 1.807) is 32.2 Å². The largest absolute Gasteiger partial charge is 0.487 e. The standard InChI is InChI=1S/C18H23N3O4S/c1-12(2)21-26(23,24)15-9-7-14(8-10-15)18(22)20-17-16(25-13(3)4)6-5-11-19-17/h5-13,21H,1-4H3,(H,19,20,22). The maximum absolute atomic E-state index is 12.4. The van der Waals surface area contributed by atoms with Gasteiger partial charge in [0.25, 0.3) is 5.91 Å². The van der Waals surface area contributed by atoms with Crippen molar-refractivity contribution in [1.82, 2.24) is 9.71 Å². The summed E-state index contributed by atoms with van der Waals surface area (Å²) in [7, 11) is -3.60. The molecule has 0 fully saturated rings. The van der Waals surface area contributed by atoms with Crippen LogP contribution in [-0.2, 0) is 10.0 Å². The van der Waals surface area contributed by atoms with Gasteiger partial charge in [-0.1, -0.05) is 0 Å². The van der Waals surface area contributed by atoms with Crippen LogP contribution in [0.3, 0.4) is 0 Å². The number of anilines is 1. The summed E-state index contributed by atoms with van der Waals surface area (Å²) >= 11 is 0. The number of carbonyl (C=O) groups is 1. The minimum absolute atomic E-state index is 0.0622. The molecular formula is C18H23N3O4S. The zero-order chi connectivity index (χ0) is 19.3. The third-order valence-electron chi connectivity index (χ3n) is 3.18. The number of benzene rings is 1. The number of rotatable bonds is 7. The van der Waals surface area contributed by atoms with Crippen molar-refractivity contribution in [3.05, 3.63) is 48.2 Å². The lowest BCUT2D eigenvalue weighted by atomic mass is 10.2. The van der Waals surface area contributed by atoms with Crippen LogP contribution in [0.25, 0.3) is 0 Å². The highest BCUT2D eigenvalue weighted by Crippen LogP contribution is 2.23. The fourth-order valence-corrected chi connectivity index (χ4v) is 3.43. The summed E-state index contributed by atoms with van der Waals surface area (Å²) in [5, 5.41) is 2.68. The van der Waals surface area contributed by atoms with Crippen molar-refractivity contribution < 1.29 is 17.9 Å². The summed E-state index contributed by atoms with van der Waals surface area (Å²) in [6.07, 6.45) is 1.49. The van der Waals surface area contributed by atoms with Crippen LogP contribution >= 0.6 is 0 Å². The molecule has 2 N–H and O–H groups in total. The molecule has 2 rings (SSSR count). The summed E-state index contributed by atoms with van der Waals surface area (Å²) in [5.74, 6) is 0.374. The van der Waals surface area contributed by atoms with Gasteiger partial charge >= 0.3 is 0 Å². The number of pyridine rings is 1. The molecular weight excluding hydrogens is 354 g/mol. The Balaban J connectivity index is 2.17.